The summed E-state index contributed by atoms with van der Waals surface area (Å²) >= 11 is 0. The maximum Gasteiger partial charge on any atom is 0 e. The van der Waals surface area contributed by atoms with E-state index in [1.54, 1.807) is 0 Å². The zero-order chi connectivity index (χ0) is 0. The van der Waals surface area contributed by atoms with E-state index in [1.807, 2.05) is 0 Å². The third-order valence-electron chi connectivity index (χ3n) is 0. The van der Waals surface area contributed by atoms with Crippen LogP contribution in [0.15, 0.2) is 0 Å². The van der Waals surface area contributed by atoms with Crippen LogP contribution in [0.1, 0.15) is 0 Å². The molecule has 0 heterocycles. The Morgan fingerprint density at radius 2 is 0.833 bits per heavy atom. The Labute approximate surface area is 130 Å². The fourth-order valence-electron chi connectivity index (χ4n) is 0. The molecular weight excluding hydrogens is 470 g/mol. The molecule has 6 heavy (non-hydrogen) atoms. The van der Waals surface area contributed by atoms with Gasteiger partial charge in [-0.3, -0.25) is 0 Å². The molecule has 0 aliphatic heterocycles. The van der Waals surface area contributed by atoms with Crippen LogP contribution in [0, 0.1) is 0 Å². The molecule has 0 fully saturated rings. The molecule has 0 spiro atoms. The molecule has 4 N–H and O–H groups in total. The molecule has 0 rings (SSSR count). The minimum absolute atomic E-state index is 0. The van der Waals surface area contributed by atoms with E-state index in [0.717, 1.165) is 0 Å². The van der Waals surface area contributed by atoms with E-state index >= 15 is 0 Å². The van der Waals surface area contributed by atoms with Gasteiger partial charge in [0.25, 0.3) is 0 Å². The molecule has 0 aromatic heterocycles. The summed E-state index contributed by atoms with van der Waals surface area (Å²) in [4.78, 5) is 0. The fourth-order valence-corrected chi connectivity index (χ4v) is 0. The molecule has 2 nitrogen and oxygen atoms in total. The first-order valence-electron chi connectivity index (χ1n) is 0. The first-order valence-corrected chi connectivity index (χ1v) is 0. The largest absolute Gasteiger partial charge is 0.412 e. The quantitative estimate of drug-likeness (QED) is 0.352. The van der Waals surface area contributed by atoms with E-state index < -0.39 is 0 Å². The maximum atomic E-state index is 0. The monoisotopic (exact) mass is 474 g/mol. The van der Waals surface area contributed by atoms with Crippen LogP contribution >= 0.6 is 0 Å². The van der Waals surface area contributed by atoms with Crippen molar-refractivity contribution in [2.45, 2.75) is 0 Å². The Kier molecular flexibility index (Phi) is 348. The third kappa shape index (κ3) is 25.5. The van der Waals surface area contributed by atoms with Crippen molar-refractivity contribution >= 4 is 79.9 Å². The zero-order valence-corrected chi connectivity index (χ0v) is 15.8. The van der Waals surface area contributed by atoms with Gasteiger partial charge in [-0.1, -0.05) is 0 Å². The van der Waals surface area contributed by atoms with Crippen LogP contribution < -0.4 is 0 Å². The van der Waals surface area contributed by atoms with E-state index in [2.05, 4.69) is 0 Å². The summed E-state index contributed by atoms with van der Waals surface area (Å²) in [5.74, 6) is 0. The summed E-state index contributed by atoms with van der Waals surface area (Å²) in [6, 6.07) is 0. The molecule has 0 aromatic rings. The molecule has 6 heteroatoms. The van der Waals surface area contributed by atoms with Gasteiger partial charge in [-0.15, -0.1) is 0 Å². The van der Waals surface area contributed by atoms with Gasteiger partial charge >= 0.3 is 0 Å². The first-order chi connectivity index (χ1) is 0. The van der Waals surface area contributed by atoms with E-state index in [0.29, 0.717) is 0 Å². The number of hydrogen-bond donors (Lipinski definition) is 0. The van der Waals surface area contributed by atoms with Crippen LogP contribution in [-0.2, 0) is 43.4 Å². The van der Waals surface area contributed by atoms with Gasteiger partial charge in [0.15, 0.2) is 0 Å². The van der Waals surface area contributed by atoms with Crippen LogP contribution in [0.4, 0.5) is 0 Å². The van der Waals surface area contributed by atoms with Crippen molar-refractivity contribution in [3.8, 4) is 0 Å². The van der Waals surface area contributed by atoms with Crippen molar-refractivity contribution in [3.63, 3.8) is 0 Å². The molecule has 0 saturated carbocycles. The summed E-state index contributed by atoms with van der Waals surface area (Å²) in [5.41, 5.74) is 0. The molecule has 6 radical (unpaired) electrons. The summed E-state index contributed by atoms with van der Waals surface area (Å²) in [7, 11) is 0. The minimum Gasteiger partial charge on any atom is -0.412 e. The van der Waals surface area contributed by atoms with Gasteiger partial charge in [0.2, 0.25) is 0 Å². The SMILES string of the molecule is O.O.[Cs].[Nb].[Si].[W]. The van der Waals surface area contributed by atoms with Crippen LogP contribution in [-0.4, -0.2) is 90.8 Å². The smallest absolute Gasteiger partial charge is 0 e. The van der Waals surface area contributed by atoms with Crippen molar-refractivity contribution in [1.82, 2.24) is 0 Å². The predicted octanol–water partition coefficient (Wildman–Crippen LogP) is -2.42. The van der Waals surface area contributed by atoms with Crippen LogP contribution in [0.2, 0.25) is 0 Å². The molecule has 0 atom stereocenters. The van der Waals surface area contributed by atoms with Gasteiger partial charge in [-0.25, -0.2) is 0 Å². The predicted molar refractivity (Wildman–Crippen MR) is 18.7 cm³/mol. The molecule has 0 aromatic carbocycles. The topological polar surface area (TPSA) is 63.0 Å². The average molecular weight is 474 g/mol. The molecule has 0 saturated heterocycles. The van der Waals surface area contributed by atoms with E-state index in [9.17, 15) is 0 Å². The number of hydrogen-bond acceptors (Lipinski definition) is 0. The van der Waals surface area contributed by atoms with E-state index in [4.69, 9.17) is 0 Å². The van der Waals surface area contributed by atoms with Crippen molar-refractivity contribution in [1.29, 1.82) is 0 Å². The molecule has 0 amide bonds. The second kappa shape index (κ2) is 38.2. The Hall–Kier alpha value is 3.62. The Morgan fingerprint density at radius 3 is 0.833 bits per heavy atom. The van der Waals surface area contributed by atoms with Gasteiger partial charge in [0.1, 0.15) is 0 Å². The molecule has 0 unspecified atom stereocenters. The summed E-state index contributed by atoms with van der Waals surface area (Å²) < 4.78 is 0. The summed E-state index contributed by atoms with van der Waals surface area (Å²) in [6.45, 7) is 0. The number of rotatable bonds is 0. The van der Waals surface area contributed by atoms with E-state index in [1.165, 1.54) is 0 Å². The molecule has 0 bridgehead atoms. The first kappa shape index (κ1) is 54.6. The molecular formula is H4CsNbO2SiW. The van der Waals surface area contributed by atoms with Crippen molar-refractivity contribution in [2.75, 3.05) is 0 Å². The molecule has 0 aliphatic carbocycles. The summed E-state index contributed by atoms with van der Waals surface area (Å²) in [5, 5.41) is 0. The second-order valence-electron chi connectivity index (χ2n) is 0. The molecule has 0 aliphatic rings. The van der Waals surface area contributed by atoms with Gasteiger partial charge in [-0.2, -0.15) is 0 Å². The Morgan fingerprint density at radius 1 is 0.833 bits per heavy atom. The normalized spacial score (nSPS) is 0. The standard InChI is InChI=1S/Cs.Nb.2H2O.Si.W/h;;2*1H2;;. The van der Waals surface area contributed by atoms with Crippen molar-refractivity contribution in [3.05, 3.63) is 0 Å². The third-order valence-corrected chi connectivity index (χ3v) is 0. The average Bonchev–Trinajstić information content (AvgIpc) is 0. The second-order valence-corrected chi connectivity index (χ2v) is 0. The van der Waals surface area contributed by atoms with Gasteiger partial charge in [0, 0.05) is 123 Å². The van der Waals surface area contributed by atoms with Crippen molar-refractivity contribution in [2.24, 2.45) is 0 Å². The maximum absolute atomic E-state index is 0. The van der Waals surface area contributed by atoms with E-state index in [-0.39, 0.29) is 134 Å². The Bertz CT molecular complexity index is 13.5. The van der Waals surface area contributed by atoms with Gasteiger partial charge < -0.3 is 11.0 Å². The Balaban J connectivity index is 0. The van der Waals surface area contributed by atoms with Crippen LogP contribution in [0.25, 0.3) is 0 Å². The van der Waals surface area contributed by atoms with Crippen LogP contribution in [0.5, 0.6) is 0 Å². The van der Waals surface area contributed by atoms with Gasteiger partial charge in [-0.05, 0) is 0 Å². The van der Waals surface area contributed by atoms with Gasteiger partial charge in [0.05, 0.1) is 0 Å². The fraction of sp³-hybridized carbons (Fsp3) is 0. The van der Waals surface area contributed by atoms with Crippen molar-refractivity contribution < 1.29 is 54.4 Å². The van der Waals surface area contributed by atoms with Crippen LogP contribution in [0.3, 0.4) is 0 Å². The summed E-state index contributed by atoms with van der Waals surface area (Å²) in [6.07, 6.45) is 0. The molecule has 32 valence electrons. The zero-order valence-electron chi connectivity index (χ0n) is 3.36. The minimum atomic E-state index is 0.